The number of amidine groups is 1. The Balaban J connectivity index is 1.50. The van der Waals surface area contributed by atoms with Gasteiger partial charge in [-0.25, -0.2) is 4.98 Å². The Morgan fingerprint density at radius 2 is 2.00 bits per heavy atom. The van der Waals surface area contributed by atoms with Crippen LogP contribution in [0.5, 0.6) is 0 Å². The number of fused-ring (bicyclic) bond motifs is 1. The summed E-state index contributed by atoms with van der Waals surface area (Å²) in [5.41, 5.74) is 1.84. The average molecular weight is 377 g/mol. The molecule has 2 aliphatic rings. The number of benzene rings is 1. The first-order valence-corrected chi connectivity index (χ1v) is 10.7. The SMILES string of the molecule is Cc1nc(CN2CCCN(C3=NS(=O)(=O)c4ccccc43)CC2)cs1. The number of hydrogen-bond acceptors (Lipinski definition) is 6. The molecule has 4 rings (SSSR count). The summed E-state index contributed by atoms with van der Waals surface area (Å²) in [6.07, 6.45) is 0.977. The monoisotopic (exact) mass is 376 g/mol. The maximum absolute atomic E-state index is 12.3. The molecule has 1 saturated heterocycles. The maximum atomic E-state index is 12.3. The van der Waals surface area contributed by atoms with Gasteiger partial charge in [0.25, 0.3) is 10.0 Å². The van der Waals surface area contributed by atoms with Gasteiger partial charge in [-0.05, 0) is 25.5 Å². The number of sulfonamides is 1. The van der Waals surface area contributed by atoms with Crippen LogP contribution in [0, 0.1) is 6.92 Å². The van der Waals surface area contributed by atoms with E-state index in [4.69, 9.17) is 0 Å². The van der Waals surface area contributed by atoms with Gasteiger partial charge in [-0.15, -0.1) is 15.7 Å². The number of rotatable bonds is 2. The summed E-state index contributed by atoms with van der Waals surface area (Å²) >= 11 is 1.68. The number of hydrogen-bond donors (Lipinski definition) is 0. The van der Waals surface area contributed by atoms with Crippen LogP contribution in [0.4, 0.5) is 0 Å². The van der Waals surface area contributed by atoms with E-state index in [1.807, 2.05) is 19.1 Å². The Hall–Kier alpha value is -1.77. The van der Waals surface area contributed by atoms with Crippen LogP contribution in [0.3, 0.4) is 0 Å². The summed E-state index contributed by atoms with van der Waals surface area (Å²) in [7, 11) is -3.55. The average Bonchev–Trinajstić information content (AvgIpc) is 3.01. The van der Waals surface area contributed by atoms with Crippen LogP contribution >= 0.6 is 11.3 Å². The highest BCUT2D eigenvalue weighted by Crippen LogP contribution is 2.28. The van der Waals surface area contributed by atoms with Crippen molar-refractivity contribution in [1.82, 2.24) is 14.8 Å². The fourth-order valence-electron chi connectivity index (χ4n) is 3.37. The molecule has 2 aliphatic heterocycles. The van der Waals surface area contributed by atoms with Gasteiger partial charge >= 0.3 is 0 Å². The molecule has 6 nitrogen and oxygen atoms in total. The van der Waals surface area contributed by atoms with Crippen LogP contribution in [0.15, 0.2) is 38.9 Å². The van der Waals surface area contributed by atoms with Crippen LogP contribution in [0.25, 0.3) is 0 Å². The molecule has 132 valence electrons. The molecule has 1 fully saturated rings. The fourth-order valence-corrected chi connectivity index (χ4v) is 5.20. The lowest BCUT2D eigenvalue weighted by molar-refractivity contribution is 0.275. The Bertz CT molecular complexity index is 920. The van der Waals surface area contributed by atoms with Crippen molar-refractivity contribution in [2.75, 3.05) is 26.2 Å². The Labute approximate surface area is 151 Å². The van der Waals surface area contributed by atoms with Crippen LogP contribution in [-0.4, -0.2) is 55.2 Å². The van der Waals surface area contributed by atoms with Gasteiger partial charge in [0.05, 0.1) is 10.7 Å². The minimum atomic E-state index is -3.55. The number of nitrogens with zero attached hydrogens (tertiary/aromatic N) is 4. The molecule has 25 heavy (non-hydrogen) atoms. The molecule has 0 atom stereocenters. The van der Waals surface area contributed by atoms with Crippen LogP contribution in [0.2, 0.25) is 0 Å². The predicted octanol–water partition coefficient (Wildman–Crippen LogP) is 2.11. The number of thiazole rings is 1. The highest BCUT2D eigenvalue weighted by Gasteiger charge is 2.32. The van der Waals surface area contributed by atoms with Gasteiger partial charge in [0, 0.05) is 43.7 Å². The molecule has 0 aliphatic carbocycles. The zero-order chi connectivity index (χ0) is 17.4. The predicted molar refractivity (Wildman–Crippen MR) is 98.5 cm³/mol. The molecule has 0 unspecified atom stereocenters. The second kappa shape index (κ2) is 6.51. The van der Waals surface area contributed by atoms with Gasteiger partial charge in [0.15, 0.2) is 5.84 Å². The van der Waals surface area contributed by atoms with Crippen molar-refractivity contribution in [2.24, 2.45) is 4.40 Å². The lowest BCUT2D eigenvalue weighted by Crippen LogP contribution is -2.35. The Kier molecular flexibility index (Phi) is 4.35. The third kappa shape index (κ3) is 3.33. The fraction of sp³-hybridized carbons (Fsp3) is 0.412. The summed E-state index contributed by atoms with van der Waals surface area (Å²) < 4.78 is 28.6. The minimum absolute atomic E-state index is 0.323. The van der Waals surface area contributed by atoms with Crippen molar-refractivity contribution in [2.45, 2.75) is 24.8 Å². The standard InChI is InChI=1S/C17H20N4O2S2/c1-13-18-14(12-24-13)11-20-7-4-8-21(10-9-20)17-15-5-2-3-6-16(15)25(22,23)19-17/h2-3,5-6,12H,4,7-11H2,1H3. The smallest absolute Gasteiger partial charge is 0.285 e. The first-order valence-electron chi connectivity index (χ1n) is 8.36. The van der Waals surface area contributed by atoms with Gasteiger partial charge in [0.1, 0.15) is 4.90 Å². The van der Waals surface area contributed by atoms with Crippen molar-refractivity contribution in [3.8, 4) is 0 Å². The van der Waals surface area contributed by atoms with Crippen molar-refractivity contribution < 1.29 is 8.42 Å². The van der Waals surface area contributed by atoms with E-state index in [0.717, 1.165) is 55.4 Å². The van der Waals surface area contributed by atoms with E-state index in [1.165, 1.54) is 0 Å². The lowest BCUT2D eigenvalue weighted by Gasteiger charge is -2.23. The molecular weight excluding hydrogens is 356 g/mol. The molecule has 0 amide bonds. The maximum Gasteiger partial charge on any atom is 0.285 e. The Morgan fingerprint density at radius 3 is 2.80 bits per heavy atom. The zero-order valence-electron chi connectivity index (χ0n) is 14.1. The van der Waals surface area contributed by atoms with Crippen molar-refractivity contribution in [3.63, 3.8) is 0 Å². The highest BCUT2D eigenvalue weighted by atomic mass is 32.2. The third-order valence-corrected chi connectivity index (χ3v) is 6.70. The van der Waals surface area contributed by atoms with Crippen molar-refractivity contribution >= 4 is 27.2 Å². The normalized spacial score (nSPS) is 20.2. The molecule has 0 bridgehead atoms. The second-order valence-electron chi connectivity index (χ2n) is 6.36. The van der Waals surface area contributed by atoms with Gasteiger partial charge in [0.2, 0.25) is 0 Å². The molecule has 1 aromatic carbocycles. The summed E-state index contributed by atoms with van der Waals surface area (Å²) in [5.74, 6) is 0.599. The van der Waals surface area contributed by atoms with Gasteiger partial charge in [-0.2, -0.15) is 8.42 Å². The first-order chi connectivity index (χ1) is 12.0. The van der Waals surface area contributed by atoms with E-state index in [-0.39, 0.29) is 0 Å². The number of aromatic nitrogens is 1. The second-order valence-corrected chi connectivity index (χ2v) is 9.00. The zero-order valence-corrected chi connectivity index (χ0v) is 15.7. The third-order valence-electron chi connectivity index (χ3n) is 4.55. The lowest BCUT2D eigenvalue weighted by atomic mass is 10.2. The van der Waals surface area contributed by atoms with E-state index in [0.29, 0.717) is 10.7 Å². The van der Waals surface area contributed by atoms with Gasteiger partial charge < -0.3 is 4.90 Å². The summed E-state index contributed by atoms with van der Waals surface area (Å²) in [6, 6.07) is 7.09. The number of aryl methyl sites for hydroxylation is 1. The summed E-state index contributed by atoms with van der Waals surface area (Å²) in [6.45, 7) is 6.31. The Morgan fingerprint density at radius 1 is 1.16 bits per heavy atom. The molecule has 3 heterocycles. The molecule has 0 spiro atoms. The molecule has 0 radical (unpaired) electrons. The molecular formula is C17H20N4O2S2. The van der Waals surface area contributed by atoms with Gasteiger partial charge in [-0.3, -0.25) is 4.90 Å². The quantitative estimate of drug-likeness (QED) is 0.803. The molecule has 8 heteroatoms. The van der Waals surface area contributed by atoms with Crippen LogP contribution in [-0.2, 0) is 16.6 Å². The summed E-state index contributed by atoms with van der Waals surface area (Å²) in [4.78, 5) is 9.35. The minimum Gasteiger partial charge on any atom is -0.354 e. The molecule has 2 aromatic rings. The van der Waals surface area contributed by atoms with E-state index in [2.05, 4.69) is 24.6 Å². The molecule has 0 saturated carbocycles. The van der Waals surface area contributed by atoms with Crippen molar-refractivity contribution in [1.29, 1.82) is 0 Å². The van der Waals surface area contributed by atoms with Crippen LogP contribution < -0.4 is 0 Å². The van der Waals surface area contributed by atoms with Crippen molar-refractivity contribution in [3.05, 3.63) is 45.9 Å². The van der Waals surface area contributed by atoms with Crippen LogP contribution in [0.1, 0.15) is 22.7 Å². The highest BCUT2D eigenvalue weighted by molar-refractivity contribution is 7.90. The summed E-state index contributed by atoms with van der Waals surface area (Å²) in [5, 5.41) is 3.20. The largest absolute Gasteiger partial charge is 0.354 e. The van der Waals surface area contributed by atoms with E-state index in [1.54, 1.807) is 23.5 Å². The molecule has 0 N–H and O–H groups in total. The van der Waals surface area contributed by atoms with E-state index >= 15 is 0 Å². The van der Waals surface area contributed by atoms with Gasteiger partial charge in [-0.1, -0.05) is 12.1 Å². The first kappa shape index (κ1) is 16.7. The topological polar surface area (TPSA) is 65.9 Å². The van der Waals surface area contributed by atoms with E-state index in [9.17, 15) is 8.42 Å². The van der Waals surface area contributed by atoms with E-state index < -0.39 is 10.0 Å². The molecule has 1 aromatic heterocycles.